The van der Waals surface area contributed by atoms with Gasteiger partial charge in [-0.2, -0.15) is 16.8 Å². The van der Waals surface area contributed by atoms with Crippen molar-refractivity contribution in [2.75, 3.05) is 18.6 Å². The summed E-state index contributed by atoms with van der Waals surface area (Å²) < 4.78 is 0. The molecule has 0 aromatic heterocycles. The van der Waals surface area contributed by atoms with E-state index >= 15 is 0 Å². The molecule has 6 nitrogen and oxygen atoms in total. The van der Waals surface area contributed by atoms with Gasteiger partial charge in [0, 0.05) is 18.7 Å². The number of nitrogens with one attached hydrogen (secondary N) is 1. The Balaban J connectivity index is 1.89. The Hall–Kier alpha value is -3.13. The van der Waals surface area contributed by atoms with E-state index in [-0.39, 0.29) is 0 Å². The minimum atomic E-state index is -1.27. The summed E-state index contributed by atoms with van der Waals surface area (Å²) in [6.07, 6.45) is 4.25. The Kier molecular flexibility index (Phi) is 11.9. The van der Waals surface area contributed by atoms with E-state index in [1.807, 2.05) is 85.0 Å². The van der Waals surface area contributed by atoms with Crippen molar-refractivity contribution in [2.45, 2.75) is 52.3 Å². The first kappa shape index (κ1) is 29.4. The number of benzene rings is 3. The number of hydroxylamine groups is 2. The molecule has 202 valence electrons. The third kappa shape index (κ3) is 8.72. The molecule has 3 aromatic rings. The number of hydrogen-bond acceptors (Lipinski definition) is 6. The quantitative estimate of drug-likeness (QED) is 0.277. The van der Waals surface area contributed by atoms with Crippen LogP contribution in [0.2, 0.25) is 0 Å². The molecule has 7 heteroatoms. The molecule has 1 N–H and O–H groups in total. The fourth-order valence-corrected chi connectivity index (χ4v) is 4.65. The molecule has 0 unspecified atom stereocenters. The van der Waals surface area contributed by atoms with E-state index in [4.69, 9.17) is 4.84 Å². The van der Waals surface area contributed by atoms with Gasteiger partial charge in [0.2, 0.25) is 0 Å². The number of amides is 1. The van der Waals surface area contributed by atoms with Crippen molar-refractivity contribution in [1.29, 1.82) is 0 Å². The van der Waals surface area contributed by atoms with Crippen LogP contribution in [0.25, 0.3) is 11.1 Å². The molecule has 3 rings (SSSR count). The van der Waals surface area contributed by atoms with Gasteiger partial charge in [-0.05, 0) is 71.7 Å². The highest BCUT2D eigenvalue weighted by atomic mass is 32.2. The van der Waals surface area contributed by atoms with Gasteiger partial charge in [0.1, 0.15) is 0 Å². The van der Waals surface area contributed by atoms with Crippen LogP contribution in [0.15, 0.2) is 72.8 Å². The number of unbranched alkanes of at least 4 members (excludes halogenated alkanes) is 1. The monoisotopic (exact) mass is 533 g/mol. The van der Waals surface area contributed by atoms with E-state index in [1.54, 1.807) is 6.07 Å². The summed E-state index contributed by atoms with van der Waals surface area (Å²) in [5.41, 5.74) is 5.26. The van der Waals surface area contributed by atoms with E-state index in [0.717, 1.165) is 47.2 Å². The topological polar surface area (TPSA) is 81.7 Å². The van der Waals surface area contributed by atoms with Crippen LogP contribution in [0.4, 0.5) is 0 Å². The summed E-state index contributed by atoms with van der Waals surface area (Å²) >= 11 is 1.53. The highest BCUT2D eigenvalue weighted by molar-refractivity contribution is 7.98. The number of thioether (sulfide) groups is 1. The average Bonchev–Trinajstić information content (AvgIpc) is 2.93. The molecule has 0 radical (unpaired) electrons. The molecule has 0 spiro atoms. The minimum absolute atomic E-state index is 0.304. The first-order valence-electron chi connectivity index (χ1n) is 13.0. The summed E-state index contributed by atoms with van der Waals surface area (Å²) in [6.45, 7) is 5.98. The number of carboxylic acids is 1. The van der Waals surface area contributed by atoms with Crippen molar-refractivity contribution in [3.05, 3.63) is 95.1 Å². The number of rotatable bonds is 15. The van der Waals surface area contributed by atoms with Gasteiger partial charge in [0.05, 0.1) is 18.6 Å². The molecule has 0 saturated carbocycles. The zero-order valence-corrected chi connectivity index (χ0v) is 23.3. The summed E-state index contributed by atoms with van der Waals surface area (Å²) in [6, 6.07) is 22.6. The normalized spacial score (nSPS) is 11.9. The van der Waals surface area contributed by atoms with Crippen molar-refractivity contribution in [3.8, 4) is 11.1 Å². The van der Waals surface area contributed by atoms with Gasteiger partial charge in [-0.15, -0.1) is 0 Å². The van der Waals surface area contributed by atoms with E-state index in [0.29, 0.717) is 30.9 Å². The lowest BCUT2D eigenvalue weighted by atomic mass is 9.93. The van der Waals surface area contributed by atoms with E-state index < -0.39 is 17.9 Å². The minimum Gasteiger partial charge on any atom is -0.548 e. The average molecular weight is 534 g/mol. The van der Waals surface area contributed by atoms with E-state index in [1.165, 1.54) is 11.8 Å². The van der Waals surface area contributed by atoms with Crippen LogP contribution >= 0.6 is 11.8 Å². The molecule has 0 aliphatic rings. The molecular formula is C31H37N2O4S-. The van der Waals surface area contributed by atoms with Crippen molar-refractivity contribution >= 4 is 23.6 Å². The zero-order valence-electron chi connectivity index (χ0n) is 22.4. The number of carbonyl (C=O) groups excluding carboxylic acids is 2. The molecule has 38 heavy (non-hydrogen) atoms. The number of hydrogen-bond donors (Lipinski definition) is 1. The summed E-state index contributed by atoms with van der Waals surface area (Å²) in [5, 5.41) is 16.3. The second-order valence-electron chi connectivity index (χ2n) is 9.30. The number of nitrogens with zero attached hydrogens (tertiary/aromatic N) is 1. The third-order valence-electron chi connectivity index (χ3n) is 6.34. The number of aryl methyl sites for hydroxylation is 1. The summed E-state index contributed by atoms with van der Waals surface area (Å²) in [5.74, 6) is -1.09. The first-order valence-corrected chi connectivity index (χ1v) is 14.4. The Bertz CT molecular complexity index is 1190. The van der Waals surface area contributed by atoms with Gasteiger partial charge >= 0.3 is 0 Å². The second kappa shape index (κ2) is 15.3. The fourth-order valence-electron chi connectivity index (χ4n) is 4.17. The molecule has 0 bridgehead atoms. The lowest BCUT2D eigenvalue weighted by molar-refractivity contribution is -0.308. The van der Waals surface area contributed by atoms with Crippen LogP contribution in [0.1, 0.15) is 53.2 Å². The smallest absolute Gasteiger partial charge is 0.252 e. The zero-order chi connectivity index (χ0) is 27.3. The van der Waals surface area contributed by atoms with Gasteiger partial charge in [0.25, 0.3) is 5.91 Å². The Morgan fingerprint density at radius 2 is 1.74 bits per heavy atom. The van der Waals surface area contributed by atoms with Crippen LogP contribution in [-0.4, -0.2) is 41.5 Å². The molecule has 0 saturated heterocycles. The van der Waals surface area contributed by atoms with Crippen molar-refractivity contribution in [2.24, 2.45) is 0 Å². The largest absolute Gasteiger partial charge is 0.548 e. The predicted molar refractivity (Wildman–Crippen MR) is 152 cm³/mol. The molecular weight excluding hydrogens is 496 g/mol. The Morgan fingerprint density at radius 1 is 1.00 bits per heavy atom. The Morgan fingerprint density at radius 3 is 2.42 bits per heavy atom. The van der Waals surface area contributed by atoms with Gasteiger partial charge in [-0.25, -0.2) is 0 Å². The van der Waals surface area contributed by atoms with Gasteiger partial charge in [-0.3, -0.25) is 9.63 Å². The standard InChI is InChI=1S/C31H38N2O4S/c1-4-5-18-33(37-22-24-12-7-6-8-13-24)21-25-15-16-27(28(20-25)26-14-10-9-11-23(26)2)30(34)32-29(31(35)36)17-19-38-3/h6-16,20,29H,4-5,17-19,21-22H2,1-3H3,(H,32,34)(H,35,36)/p-1/t29-/m0/s1. The molecule has 1 amide bonds. The van der Waals surface area contributed by atoms with Gasteiger partial charge < -0.3 is 15.2 Å². The van der Waals surface area contributed by atoms with Gasteiger partial charge in [-0.1, -0.05) is 74.0 Å². The van der Waals surface area contributed by atoms with Crippen molar-refractivity contribution < 1.29 is 19.5 Å². The lowest BCUT2D eigenvalue weighted by Gasteiger charge is -2.23. The summed E-state index contributed by atoms with van der Waals surface area (Å²) in [7, 11) is 0. The third-order valence-corrected chi connectivity index (χ3v) is 6.98. The number of carboxylic acid groups (broad SMARTS) is 1. The van der Waals surface area contributed by atoms with E-state index in [9.17, 15) is 14.7 Å². The second-order valence-corrected chi connectivity index (χ2v) is 10.3. The highest BCUT2D eigenvalue weighted by Gasteiger charge is 2.20. The maximum Gasteiger partial charge on any atom is 0.252 e. The van der Waals surface area contributed by atoms with Crippen molar-refractivity contribution in [1.82, 2.24) is 10.4 Å². The van der Waals surface area contributed by atoms with Crippen LogP contribution in [-0.2, 0) is 22.8 Å². The SMILES string of the molecule is CCCCN(Cc1ccc(C(=O)N[C@@H](CCSC)C(=O)[O-])c(-c2ccccc2C)c1)OCc1ccccc1. The maximum atomic E-state index is 13.3. The van der Waals surface area contributed by atoms with Gasteiger partial charge in [0.15, 0.2) is 0 Å². The van der Waals surface area contributed by atoms with Crippen LogP contribution in [0, 0.1) is 6.92 Å². The molecule has 0 fully saturated rings. The first-order chi connectivity index (χ1) is 18.4. The Labute approximate surface area is 230 Å². The molecule has 0 aliphatic heterocycles. The molecule has 0 aliphatic carbocycles. The lowest BCUT2D eigenvalue weighted by Crippen LogP contribution is -2.48. The van der Waals surface area contributed by atoms with Crippen molar-refractivity contribution in [3.63, 3.8) is 0 Å². The fraction of sp³-hybridized carbons (Fsp3) is 0.355. The number of aliphatic carboxylic acids is 1. The summed E-state index contributed by atoms with van der Waals surface area (Å²) in [4.78, 5) is 31.1. The molecule has 3 aromatic carbocycles. The van der Waals surface area contributed by atoms with E-state index in [2.05, 4.69) is 12.2 Å². The van der Waals surface area contributed by atoms with Crippen LogP contribution in [0.5, 0.6) is 0 Å². The number of carbonyl (C=O) groups is 2. The predicted octanol–water partition coefficient (Wildman–Crippen LogP) is 5.00. The van der Waals surface area contributed by atoms with Crippen LogP contribution < -0.4 is 10.4 Å². The van der Waals surface area contributed by atoms with Crippen LogP contribution in [0.3, 0.4) is 0 Å². The molecule has 0 heterocycles. The molecule has 1 atom stereocenters. The highest BCUT2D eigenvalue weighted by Crippen LogP contribution is 2.29. The maximum absolute atomic E-state index is 13.3.